The Morgan fingerprint density at radius 1 is 1.24 bits per heavy atom. The number of benzene rings is 1. The number of aromatic nitrogens is 1. The molecule has 2 rings (SSSR count). The molecule has 0 bridgehead atoms. The minimum Gasteiger partial charge on any atom is -0.454 e. The van der Waals surface area contributed by atoms with Crippen LogP contribution in [0.4, 0.5) is 0 Å². The molecule has 21 heavy (non-hydrogen) atoms. The molecule has 0 aliphatic rings. The van der Waals surface area contributed by atoms with Gasteiger partial charge in [0, 0.05) is 6.04 Å². The molecule has 0 amide bonds. The van der Waals surface area contributed by atoms with Crippen molar-refractivity contribution in [1.82, 2.24) is 10.3 Å². The van der Waals surface area contributed by atoms with Gasteiger partial charge in [-0.3, -0.25) is 4.98 Å². The fourth-order valence-corrected chi connectivity index (χ4v) is 2.33. The van der Waals surface area contributed by atoms with E-state index in [4.69, 9.17) is 16.3 Å². The van der Waals surface area contributed by atoms with Crippen LogP contribution in [-0.4, -0.2) is 11.5 Å². The molecule has 112 valence electrons. The third-order valence-electron chi connectivity index (χ3n) is 3.29. The Bertz CT molecular complexity index is 584. The highest BCUT2D eigenvalue weighted by Gasteiger charge is 2.10. The van der Waals surface area contributed by atoms with Crippen molar-refractivity contribution in [3.05, 3.63) is 52.8 Å². The standard InChI is InChI=1S/C17H21ClN2O/c1-4-15(19-5-2)16-9-7-13(11-20-16)21-17-10-12(3)6-8-14(17)18/h6-11,15,19H,4-5H2,1-3H3. The topological polar surface area (TPSA) is 34.1 Å². The van der Waals surface area contributed by atoms with Crippen molar-refractivity contribution < 1.29 is 4.74 Å². The van der Waals surface area contributed by atoms with E-state index in [1.165, 1.54) is 0 Å². The Hall–Kier alpha value is -1.58. The molecule has 4 heteroatoms. The molecular weight excluding hydrogens is 284 g/mol. The lowest BCUT2D eigenvalue weighted by atomic mass is 10.1. The number of nitrogens with zero attached hydrogens (tertiary/aromatic N) is 1. The van der Waals surface area contributed by atoms with Crippen LogP contribution in [0.2, 0.25) is 5.02 Å². The average Bonchev–Trinajstić information content (AvgIpc) is 2.49. The second-order valence-electron chi connectivity index (χ2n) is 4.97. The second-order valence-corrected chi connectivity index (χ2v) is 5.38. The van der Waals surface area contributed by atoms with Crippen molar-refractivity contribution in [2.24, 2.45) is 0 Å². The summed E-state index contributed by atoms with van der Waals surface area (Å²) in [5.41, 5.74) is 2.14. The van der Waals surface area contributed by atoms with Gasteiger partial charge in [0.05, 0.1) is 16.9 Å². The van der Waals surface area contributed by atoms with Crippen LogP contribution >= 0.6 is 11.6 Å². The average molecular weight is 305 g/mol. The minimum atomic E-state index is 0.284. The van der Waals surface area contributed by atoms with Gasteiger partial charge >= 0.3 is 0 Å². The largest absolute Gasteiger partial charge is 0.454 e. The number of hydrogen-bond acceptors (Lipinski definition) is 3. The Balaban J connectivity index is 2.13. The molecule has 2 aromatic rings. The number of hydrogen-bond donors (Lipinski definition) is 1. The summed E-state index contributed by atoms with van der Waals surface area (Å²) >= 11 is 6.14. The highest BCUT2D eigenvalue weighted by Crippen LogP contribution is 2.30. The van der Waals surface area contributed by atoms with E-state index >= 15 is 0 Å². The monoisotopic (exact) mass is 304 g/mol. The summed E-state index contributed by atoms with van der Waals surface area (Å²) in [5.74, 6) is 1.35. The molecule has 1 atom stereocenters. The summed E-state index contributed by atoms with van der Waals surface area (Å²) in [6.07, 6.45) is 2.75. The molecular formula is C17H21ClN2O. The van der Waals surface area contributed by atoms with Crippen molar-refractivity contribution in [3.8, 4) is 11.5 Å². The molecule has 1 aromatic heterocycles. The van der Waals surface area contributed by atoms with Crippen molar-refractivity contribution in [2.45, 2.75) is 33.2 Å². The predicted molar refractivity (Wildman–Crippen MR) is 87.2 cm³/mol. The summed E-state index contributed by atoms with van der Waals surface area (Å²) < 4.78 is 5.80. The van der Waals surface area contributed by atoms with Gasteiger partial charge in [0.1, 0.15) is 11.5 Å². The first kappa shape index (κ1) is 15.8. The molecule has 0 aliphatic heterocycles. The SMILES string of the molecule is CCNC(CC)c1ccc(Oc2cc(C)ccc2Cl)cn1. The van der Waals surface area contributed by atoms with E-state index in [2.05, 4.69) is 24.1 Å². The van der Waals surface area contributed by atoms with E-state index in [0.29, 0.717) is 16.5 Å². The molecule has 0 fully saturated rings. The fourth-order valence-electron chi connectivity index (χ4n) is 2.18. The van der Waals surface area contributed by atoms with Gasteiger partial charge in [-0.2, -0.15) is 0 Å². The van der Waals surface area contributed by atoms with Gasteiger partial charge in [0.15, 0.2) is 0 Å². The molecule has 1 heterocycles. The Labute approximate surface area is 131 Å². The van der Waals surface area contributed by atoms with Crippen molar-refractivity contribution >= 4 is 11.6 Å². The fraction of sp³-hybridized carbons (Fsp3) is 0.353. The van der Waals surface area contributed by atoms with Crippen LogP contribution in [0.5, 0.6) is 11.5 Å². The summed E-state index contributed by atoms with van der Waals surface area (Å²) in [6.45, 7) is 7.18. The van der Waals surface area contributed by atoms with Crippen LogP contribution in [0.15, 0.2) is 36.5 Å². The molecule has 0 saturated heterocycles. The zero-order chi connectivity index (χ0) is 15.2. The Kier molecular flexibility index (Phi) is 5.59. The number of halogens is 1. The van der Waals surface area contributed by atoms with E-state index in [1.54, 1.807) is 6.20 Å². The smallest absolute Gasteiger partial charge is 0.146 e. The first-order valence-corrected chi connectivity index (χ1v) is 7.65. The van der Waals surface area contributed by atoms with Crippen LogP contribution < -0.4 is 10.1 Å². The lowest BCUT2D eigenvalue weighted by Gasteiger charge is -2.15. The lowest BCUT2D eigenvalue weighted by molar-refractivity contribution is 0.475. The minimum absolute atomic E-state index is 0.284. The number of nitrogens with one attached hydrogen (secondary N) is 1. The zero-order valence-electron chi connectivity index (χ0n) is 12.7. The van der Waals surface area contributed by atoms with Crippen LogP contribution in [0.1, 0.15) is 37.6 Å². The Morgan fingerprint density at radius 2 is 2.05 bits per heavy atom. The number of aryl methyl sites for hydroxylation is 1. The highest BCUT2D eigenvalue weighted by atomic mass is 35.5. The van der Waals surface area contributed by atoms with Crippen molar-refractivity contribution in [1.29, 1.82) is 0 Å². The predicted octanol–water partition coefficient (Wildman–Crippen LogP) is 4.90. The van der Waals surface area contributed by atoms with E-state index in [0.717, 1.165) is 24.2 Å². The molecule has 3 nitrogen and oxygen atoms in total. The second kappa shape index (κ2) is 7.43. The molecule has 1 N–H and O–H groups in total. The van der Waals surface area contributed by atoms with Gasteiger partial charge in [-0.1, -0.05) is 31.5 Å². The summed E-state index contributed by atoms with van der Waals surface area (Å²) in [6, 6.07) is 9.93. The highest BCUT2D eigenvalue weighted by molar-refractivity contribution is 6.32. The summed E-state index contributed by atoms with van der Waals surface area (Å²) in [7, 11) is 0. The zero-order valence-corrected chi connectivity index (χ0v) is 13.4. The Morgan fingerprint density at radius 3 is 2.67 bits per heavy atom. The summed E-state index contributed by atoms with van der Waals surface area (Å²) in [4.78, 5) is 4.49. The summed E-state index contributed by atoms with van der Waals surface area (Å²) in [5, 5.41) is 4.01. The van der Waals surface area contributed by atoms with Gasteiger partial charge in [-0.15, -0.1) is 0 Å². The first-order chi connectivity index (χ1) is 10.1. The van der Waals surface area contributed by atoms with Crippen LogP contribution in [0.3, 0.4) is 0 Å². The van der Waals surface area contributed by atoms with E-state index in [9.17, 15) is 0 Å². The van der Waals surface area contributed by atoms with E-state index < -0.39 is 0 Å². The lowest BCUT2D eigenvalue weighted by Crippen LogP contribution is -2.20. The quantitative estimate of drug-likeness (QED) is 0.824. The molecule has 1 aromatic carbocycles. The van der Waals surface area contributed by atoms with Gasteiger partial charge in [-0.25, -0.2) is 0 Å². The maximum absolute atomic E-state index is 6.14. The van der Waals surface area contributed by atoms with Crippen LogP contribution in [0, 0.1) is 6.92 Å². The maximum atomic E-state index is 6.14. The normalized spacial score (nSPS) is 12.2. The van der Waals surface area contributed by atoms with E-state index in [1.807, 2.05) is 37.3 Å². The number of ether oxygens (including phenoxy) is 1. The molecule has 0 saturated carbocycles. The van der Waals surface area contributed by atoms with Crippen molar-refractivity contribution in [2.75, 3.05) is 6.54 Å². The molecule has 0 radical (unpaired) electrons. The number of pyridine rings is 1. The van der Waals surface area contributed by atoms with Crippen LogP contribution in [0.25, 0.3) is 0 Å². The van der Waals surface area contributed by atoms with Crippen LogP contribution in [-0.2, 0) is 0 Å². The van der Waals surface area contributed by atoms with Gasteiger partial charge in [-0.05, 0) is 49.7 Å². The van der Waals surface area contributed by atoms with Gasteiger partial charge < -0.3 is 10.1 Å². The van der Waals surface area contributed by atoms with E-state index in [-0.39, 0.29) is 6.04 Å². The first-order valence-electron chi connectivity index (χ1n) is 7.27. The third-order valence-corrected chi connectivity index (χ3v) is 3.60. The number of rotatable bonds is 6. The molecule has 0 spiro atoms. The third kappa shape index (κ3) is 4.19. The molecule has 1 unspecified atom stereocenters. The van der Waals surface area contributed by atoms with Crippen molar-refractivity contribution in [3.63, 3.8) is 0 Å². The maximum Gasteiger partial charge on any atom is 0.146 e. The molecule has 0 aliphatic carbocycles. The van der Waals surface area contributed by atoms with Gasteiger partial charge in [0.2, 0.25) is 0 Å². The van der Waals surface area contributed by atoms with Gasteiger partial charge in [0.25, 0.3) is 0 Å².